The molecule has 0 spiro atoms. The quantitative estimate of drug-likeness (QED) is 0.438. The molecular formula is C27H36N2O6. The maximum Gasteiger partial charge on any atom is 0.408 e. The van der Waals surface area contributed by atoms with E-state index in [0.29, 0.717) is 12.4 Å². The highest BCUT2D eigenvalue weighted by Gasteiger charge is 2.29. The topological polar surface area (TPSA) is 114 Å². The lowest BCUT2D eigenvalue weighted by Crippen LogP contribution is -2.53. The minimum atomic E-state index is -1.12. The van der Waals surface area contributed by atoms with E-state index in [1.165, 1.54) is 0 Å². The van der Waals surface area contributed by atoms with E-state index in [4.69, 9.17) is 9.47 Å². The SMILES string of the molecule is CC(C)C[C@H](NC(=O)[C@H](Cc1ccc(OCc2ccccc2)cc1)NC(=O)OC(C)(C)C)C(=O)O. The van der Waals surface area contributed by atoms with Crippen LogP contribution in [-0.4, -0.2) is 40.8 Å². The average molecular weight is 485 g/mol. The van der Waals surface area contributed by atoms with E-state index in [0.717, 1.165) is 11.1 Å². The molecule has 2 aromatic rings. The summed E-state index contributed by atoms with van der Waals surface area (Å²) < 4.78 is 11.1. The monoisotopic (exact) mass is 484 g/mol. The Kier molecular flexibility index (Phi) is 10.1. The number of carboxylic acids is 1. The highest BCUT2D eigenvalue weighted by atomic mass is 16.6. The molecule has 3 N–H and O–H groups in total. The summed E-state index contributed by atoms with van der Waals surface area (Å²) >= 11 is 0. The number of carboxylic acid groups (broad SMARTS) is 1. The Morgan fingerprint density at radius 2 is 1.51 bits per heavy atom. The zero-order valence-electron chi connectivity index (χ0n) is 21.0. The van der Waals surface area contributed by atoms with Gasteiger partial charge in [-0.2, -0.15) is 0 Å². The van der Waals surface area contributed by atoms with E-state index in [-0.39, 0.29) is 18.8 Å². The van der Waals surface area contributed by atoms with Crippen molar-refractivity contribution in [2.24, 2.45) is 5.92 Å². The summed E-state index contributed by atoms with van der Waals surface area (Å²) in [6, 6.07) is 14.9. The molecule has 0 aliphatic rings. The molecule has 2 aromatic carbocycles. The van der Waals surface area contributed by atoms with Crippen molar-refractivity contribution in [2.45, 2.75) is 71.8 Å². The summed E-state index contributed by atoms with van der Waals surface area (Å²) in [5, 5.41) is 14.6. The Bertz CT molecular complexity index is 967. The highest BCUT2D eigenvalue weighted by molar-refractivity contribution is 5.89. The van der Waals surface area contributed by atoms with Crippen molar-refractivity contribution < 1.29 is 29.0 Å². The normalized spacial score (nSPS) is 13.0. The van der Waals surface area contributed by atoms with Crippen molar-refractivity contribution in [3.8, 4) is 5.75 Å². The molecule has 0 unspecified atom stereocenters. The molecule has 8 heteroatoms. The molecule has 2 amide bonds. The van der Waals surface area contributed by atoms with Crippen molar-refractivity contribution in [3.05, 3.63) is 65.7 Å². The zero-order chi connectivity index (χ0) is 26.0. The first kappa shape index (κ1) is 27.7. The van der Waals surface area contributed by atoms with Crippen LogP contribution in [-0.2, 0) is 27.4 Å². The molecule has 0 fully saturated rings. The molecule has 0 bridgehead atoms. The Morgan fingerprint density at radius 1 is 0.886 bits per heavy atom. The van der Waals surface area contributed by atoms with Gasteiger partial charge < -0.3 is 25.2 Å². The molecule has 8 nitrogen and oxygen atoms in total. The highest BCUT2D eigenvalue weighted by Crippen LogP contribution is 2.16. The van der Waals surface area contributed by atoms with Gasteiger partial charge in [0.15, 0.2) is 0 Å². The predicted octanol–water partition coefficient (Wildman–Crippen LogP) is 4.32. The van der Waals surface area contributed by atoms with Gasteiger partial charge in [-0.1, -0.05) is 56.3 Å². The summed E-state index contributed by atoms with van der Waals surface area (Å²) in [5.41, 5.74) is 1.07. The Morgan fingerprint density at radius 3 is 2.06 bits per heavy atom. The lowest BCUT2D eigenvalue weighted by Gasteiger charge is -2.25. The summed E-state index contributed by atoms with van der Waals surface area (Å²) in [5.74, 6) is -0.977. The fraction of sp³-hybridized carbons (Fsp3) is 0.444. The van der Waals surface area contributed by atoms with Gasteiger partial charge in [0.25, 0.3) is 0 Å². The van der Waals surface area contributed by atoms with Crippen molar-refractivity contribution in [1.29, 1.82) is 0 Å². The number of carbonyl (C=O) groups excluding carboxylic acids is 2. The number of benzene rings is 2. The fourth-order valence-electron chi connectivity index (χ4n) is 3.32. The van der Waals surface area contributed by atoms with Crippen LogP contribution in [0, 0.1) is 5.92 Å². The third kappa shape index (κ3) is 10.5. The maximum absolute atomic E-state index is 13.0. The fourth-order valence-corrected chi connectivity index (χ4v) is 3.32. The van der Waals surface area contributed by atoms with Crippen LogP contribution in [0.1, 0.15) is 52.2 Å². The third-order valence-corrected chi connectivity index (χ3v) is 4.94. The average Bonchev–Trinajstić information content (AvgIpc) is 2.76. The van der Waals surface area contributed by atoms with E-state index in [1.807, 2.05) is 44.2 Å². The number of ether oxygens (including phenoxy) is 2. The van der Waals surface area contributed by atoms with Gasteiger partial charge in [0.2, 0.25) is 5.91 Å². The molecule has 2 rings (SSSR count). The number of rotatable bonds is 11. The lowest BCUT2D eigenvalue weighted by atomic mass is 10.0. The molecule has 0 aromatic heterocycles. The second kappa shape index (κ2) is 12.8. The van der Waals surface area contributed by atoms with Gasteiger partial charge in [0, 0.05) is 6.42 Å². The van der Waals surface area contributed by atoms with Crippen LogP contribution in [0.3, 0.4) is 0 Å². The summed E-state index contributed by atoms with van der Waals surface area (Å²) in [6.45, 7) is 9.34. The smallest absolute Gasteiger partial charge is 0.408 e. The number of hydrogen-bond acceptors (Lipinski definition) is 5. The van der Waals surface area contributed by atoms with Crippen LogP contribution in [0.4, 0.5) is 4.79 Å². The van der Waals surface area contributed by atoms with Gasteiger partial charge in [-0.3, -0.25) is 4.79 Å². The first-order valence-corrected chi connectivity index (χ1v) is 11.7. The molecule has 35 heavy (non-hydrogen) atoms. The minimum absolute atomic E-state index is 0.0668. The van der Waals surface area contributed by atoms with Crippen LogP contribution in [0.2, 0.25) is 0 Å². The number of nitrogens with one attached hydrogen (secondary N) is 2. The summed E-state index contributed by atoms with van der Waals surface area (Å²) in [4.78, 5) is 37.0. The maximum atomic E-state index is 13.0. The van der Waals surface area contributed by atoms with Crippen molar-refractivity contribution in [2.75, 3.05) is 0 Å². The van der Waals surface area contributed by atoms with Gasteiger partial charge in [-0.25, -0.2) is 9.59 Å². The van der Waals surface area contributed by atoms with Crippen LogP contribution in [0.25, 0.3) is 0 Å². The molecule has 0 aliphatic heterocycles. The minimum Gasteiger partial charge on any atom is -0.489 e. The Hall–Kier alpha value is -3.55. The van der Waals surface area contributed by atoms with Gasteiger partial charge in [0.05, 0.1) is 0 Å². The zero-order valence-corrected chi connectivity index (χ0v) is 21.0. The van der Waals surface area contributed by atoms with E-state index >= 15 is 0 Å². The van der Waals surface area contributed by atoms with Crippen molar-refractivity contribution in [3.63, 3.8) is 0 Å². The van der Waals surface area contributed by atoms with Crippen LogP contribution < -0.4 is 15.4 Å². The van der Waals surface area contributed by atoms with E-state index < -0.39 is 35.7 Å². The molecule has 0 radical (unpaired) electrons. The molecule has 0 saturated carbocycles. The first-order valence-electron chi connectivity index (χ1n) is 11.7. The van der Waals surface area contributed by atoms with Crippen molar-refractivity contribution in [1.82, 2.24) is 10.6 Å². The summed E-state index contributed by atoms with van der Waals surface area (Å²) in [7, 11) is 0. The molecule has 0 aliphatic carbocycles. The largest absolute Gasteiger partial charge is 0.489 e. The van der Waals surface area contributed by atoms with Crippen LogP contribution in [0.5, 0.6) is 5.75 Å². The second-order valence-corrected chi connectivity index (χ2v) is 9.85. The number of hydrogen-bond donors (Lipinski definition) is 3. The third-order valence-electron chi connectivity index (χ3n) is 4.94. The van der Waals surface area contributed by atoms with Crippen LogP contribution in [0.15, 0.2) is 54.6 Å². The standard InChI is InChI=1S/C27H36N2O6/c1-18(2)15-23(25(31)32)28-24(30)22(29-26(33)35-27(3,4)5)16-19-11-13-21(14-12-19)34-17-20-9-7-6-8-10-20/h6-14,18,22-23H,15-17H2,1-5H3,(H,28,30)(H,29,33)(H,31,32)/t22-,23-/m0/s1. The van der Waals surface area contributed by atoms with E-state index in [1.54, 1.807) is 45.0 Å². The van der Waals surface area contributed by atoms with Gasteiger partial charge in [0.1, 0.15) is 30.0 Å². The van der Waals surface area contributed by atoms with Crippen molar-refractivity contribution >= 4 is 18.0 Å². The van der Waals surface area contributed by atoms with E-state index in [9.17, 15) is 19.5 Å². The number of alkyl carbamates (subject to hydrolysis) is 1. The molecule has 190 valence electrons. The van der Waals surface area contributed by atoms with E-state index in [2.05, 4.69) is 10.6 Å². The number of carbonyl (C=O) groups is 3. The Balaban J connectivity index is 2.10. The van der Waals surface area contributed by atoms with Crippen LogP contribution >= 0.6 is 0 Å². The Labute approximate surface area is 207 Å². The molecular weight excluding hydrogens is 448 g/mol. The number of aliphatic carboxylic acids is 1. The van der Waals surface area contributed by atoms with Gasteiger partial charge in [-0.05, 0) is 56.4 Å². The number of amides is 2. The van der Waals surface area contributed by atoms with Gasteiger partial charge >= 0.3 is 12.1 Å². The molecule has 2 atom stereocenters. The lowest BCUT2D eigenvalue weighted by molar-refractivity contribution is -0.142. The first-order chi connectivity index (χ1) is 16.4. The predicted molar refractivity (Wildman–Crippen MR) is 133 cm³/mol. The molecule has 0 saturated heterocycles. The summed E-state index contributed by atoms with van der Waals surface area (Å²) in [6.07, 6.45) is -0.331. The second-order valence-electron chi connectivity index (χ2n) is 9.85. The molecule has 0 heterocycles. The van der Waals surface area contributed by atoms with Gasteiger partial charge in [-0.15, -0.1) is 0 Å².